The van der Waals surface area contributed by atoms with E-state index >= 15 is 0 Å². The van der Waals surface area contributed by atoms with E-state index in [0.29, 0.717) is 12.4 Å². The van der Waals surface area contributed by atoms with Crippen LogP contribution in [0, 0.1) is 0 Å². The molecule has 0 heterocycles. The van der Waals surface area contributed by atoms with E-state index in [9.17, 15) is 9.59 Å². The van der Waals surface area contributed by atoms with E-state index < -0.39 is 30.4 Å². The van der Waals surface area contributed by atoms with Crippen LogP contribution < -0.4 is 0 Å². The van der Waals surface area contributed by atoms with Crippen LogP contribution in [-0.4, -0.2) is 59.9 Å². The van der Waals surface area contributed by atoms with Crippen LogP contribution in [0.2, 0.25) is 0 Å². The Balaban J connectivity index is 4.19. The number of rotatable bonds is 7. The molecule has 0 saturated heterocycles. The fraction of sp³-hybridized carbons (Fsp3) is 0.818. The second kappa shape index (κ2) is 8.29. The molecule has 0 bridgehead atoms. The van der Waals surface area contributed by atoms with Crippen LogP contribution in [0.5, 0.6) is 0 Å². The summed E-state index contributed by atoms with van der Waals surface area (Å²) >= 11 is 5.56. The van der Waals surface area contributed by atoms with E-state index in [0.717, 1.165) is 0 Å². The van der Waals surface area contributed by atoms with Crippen LogP contribution in [0.25, 0.3) is 0 Å². The van der Waals surface area contributed by atoms with Crippen molar-refractivity contribution in [2.24, 2.45) is 0 Å². The molecule has 0 aromatic carbocycles. The van der Waals surface area contributed by atoms with Crippen molar-refractivity contribution < 1.29 is 24.2 Å². The lowest BCUT2D eigenvalue weighted by atomic mass is 10.4. The molecule has 0 aromatic rings. The maximum atomic E-state index is 11.6. The van der Waals surface area contributed by atoms with E-state index in [1.165, 1.54) is 13.8 Å². The Morgan fingerprint density at radius 2 is 1.78 bits per heavy atom. The predicted octanol–water partition coefficient (Wildman–Crippen LogP) is 0.359. The summed E-state index contributed by atoms with van der Waals surface area (Å²) in [6, 6.07) is 0. The highest BCUT2D eigenvalue weighted by atomic mass is 35.5. The summed E-state index contributed by atoms with van der Waals surface area (Å²) in [6.45, 7) is 4.90. The highest BCUT2D eigenvalue weighted by Crippen LogP contribution is 2.04. The van der Waals surface area contributed by atoms with E-state index in [1.54, 1.807) is 18.9 Å². The lowest BCUT2D eigenvalue weighted by Gasteiger charge is -2.25. The number of hydrogen-bond donors (Lipinski definition) is 1. The molecule has 0 radical (unpaired) electrons. The minimum atomic E-state index is -1.27. The van der Waals surface area contributed by atoms with Crippen molar-refractivity contribution in [1.29, 1.82) is 0 Å². The van der Waals surface area contributed by atoms with Gasteiger partial charge in [0.1, 0.15) is 6.10 Å². The van der Waals surface area contributed by atoms with Gasteiger partial charge >= 0.3 is 11.9 Å². The molecule has 0 aliphatic rings. The molecule has 106 valence electrons. The number of halogens is 1. The van der Waals surface area contributed by atoms with E-state index in [2.05, 4.69) is 0 Å². The number of nitrogens with zero attached hydrogens (tertiary/aromatic N) is 1. The molecule has 6 nitrogen and oxygen atoms in total. The highest BCUT2D eigenvalue weighted by Gasteiger charge is 2.24. The quantitative estimate of drug-likeness (QED) is 0.412. The average Bonchev–Trinajstić information content (AvgIpc) is 2.28. The molecule has 3 unspecified atom stereocenters. The second-order valence-electron chi connectivity index (χ2n) is 3.96. The zero-order valence-corrected chi connectivity index (χ0v) is 11.8. The topological polar surface area (TPSA) is 76.1 Å². The Bertz CT molecular complexity index is 285. The fourth-order valence-electron chi connectivity index (χ4n) is 0.990. The first-order valence-corrected chi connectivity index (χ1v) is 6.18. The van der Waals surface area contributed by atoms with Gasteiger partial charge in [0.2, 0.25) is 0 Å². The minimum absolute atomic E-state index is 0.422. The maximum absolute atomic E-state index is 11.6. The Morgan fingerprint density at radius 1 is 1.22 bits per heavy atom. The Morgan fingerprint density at radius 3 is 2.22 bits per heavy atom. The SMILES string of the molecule is CC(O)C(=O)OC(C)C(=O)OC(C)N(C)CCCl. The van der Waals surface area contributed by atoms with E-state index in [4.69, 9.17) is 26.2 Å². The van der Waals surface area contributed by atoms with Crippen LogP contribution in [0.1, 0.15) is 20.8 Å². The van der Waals surface area contributed by atoms with E-state index in [-0.39, 0.29) is 0 Å². The van der Waals surface area contributed by atoms with Gasteiger partial charge in [-0.05, 0) is 27.8 Å². The monoisotopic (exact) mass is 281 g/mol. The lowest BCUT2D eigenvalue weighted by Crippen LogP contribution is -2.38. The molecular formula is C11H20ClNO5. The zero-order valence-electron chi connectivity index (χ0n) is 11.1. The largest absolute Gasteiger partial charge is 0.449 e. The molecule has 0 aromatic heterocycles. The molecule has 0 aliphatic heterocycles. The third-order valence-electron chi connectivity index (χ3n) is 2.31. The number of alkyl halides is 1. The number of aliphatic hydroxyl groups excluding tert-OH is 1. The standard InChI is InChI=1S/C11H20ClNO5/c1-7(14)10(15)17-8(2)11(16)18-9(3)13(4)6-5-12/h7-9,14H,5-6H2,1-4H3. The third kappa shape index (κ3) is 6.18. The summed E-state index contributed by atoms with van der Waals surface area (Å²) < 4.78 is 9.78. The molecule has 1 N–H and O–H groups in total. The second-order valence-corrected chi connectivity index (χ2v) is 4.34. The minimum Gasteiger partial charge on any atom is -0.449 e. The summed E-state index contributed by atoms with van der Waals surface area (Å²) in [5.74, 6) is -1.11. The van der Waals surface area contributed by atoms with Gasteiger partial charge in [-0.3, -0.25) is 4.90 Å². The molecule has 18 heavy (non-hydrogen) atoms. The number of carbonyl (C=O) groups is 2. The summed E-state index contributed by atoms with van der Waals surface area (Å²) in [7, 11) is 1.76. The molecule has 0 aliphatic carbocycles. The molecular weight excluding hydrogens is 262 g/mol. The van der Waals surface area contributed by atoms with Gasteiger partial charge < -0.3 is 14.6 Å². The molecule has 0 rings (SSSR count). The Kier molecular flexibility index (Phi) is 7.90. The van der Waals surface area contributed by atoms with Gasteiger partial charge in [-0.15, -0.1) is 11.6 Å². The summed E-state index contributed by atoms with van der Waals surface area (Å²) in [4.78, 5) is 24.4. The normalized spacial score (nSPS) is 15.9. The number of carbonyl (C=O) groups excluding carboxylic acids is 2. The van der Waals surface area contributed by atoms with Gasteiger partial charge in [-0.1, -0.05) is 0 Å². The van der Waals surface area contributed by atoms with Crippen molar-refractivity contribution in [1.82, 2.24) is 4.90 Å². The summed E-state index contributed by atoms with van der Waals surface area (Å²) in [6.07, 6.45) is -2.79. The molecule has 0 amide bonds. The van der Waals surface area contributed by atoms with Crippen molar-refractivity contribution >= 4 is 23.5 Å². The van der Waals surface area contributed by atoms with Gasteiger partial charge in [-0.25, -0.2) is 9.59 Å². The first-order valence-electron chi connectivity index (χ1n) is 5.64. The summed E-state index contributed by atoms with van der Waals surface area (Å²) in [5, 5.41) is 8.94. The number of aliphatic hydroxyl groups is 1. The molecule has 0 spiro atoms. The fourth-order valence-corrected chi connectivity index (χ4v) is 1.26. The Hall–Kier alpha value is -0.850. The van der Waals surface area contributed by atoms with Crippen LogP contribution in [0.3, 0.4) is 0 Å². The number of hydrogen-bond acceptors (Lipinski definition) is 6. The van der Waals surface area contributed by atoms with Crippen molar-refractivity contribution in [2.75, 3.05) is 19.5 Å². The van der Waals surface area contributed by atoms with Gasteiger partial charge in [0.05, 0.1) is 0 Å². The van der Waals surface area contributed by atoms with Gasteiger partial charge in [-0.2, -0.15) is 0 Å². The maximum Gasteiger partial charge on any atom is 0.348 e. The lowest BCUT2D eigenvalue weighted by molar-refractivity contribution is -0.178. The van der Waals surface area contributed by atoms with Gasteiger partial charge in [0.25, 0.3) is 0 Å². The van der Waals surface area contributed by atoms with Crippen LogP contribution in [-0.2, 0) is 19.1 Å². The van der Waals surface area contributed by atoms with Gasteiger partial charge in [0, 0.05) is 12.4 Å². The van der Waals surface area contributed by atoms with Crippen molar-refractivity contribution in [3.05, 3.63) is 0 Å². The Labute approximate surface area is 112 Å². The first-order chi connectivity index (χ1) is 8.29. The first kappa shape index (κ1) is 17.2. The van der Waals surface area contributed by atoms with Crippen LogP contribution in [0.15, 0.2) is 0 Å². The molecule has 0 fully saturated rings. The van der Waals surface area contributed by atoms with Crippen LogP contribution >= 0.6 is 11.6 Å². The van der Waals surface area contributed by atoms with Crippen molar-refractivity contribution in [2.45, 2.75) is 39.2 Å². The van der Waals surface area contributed by atoms with Gasteiger partial charge in [0.15, 0.2) is 12.3 Å². The predicted molar refractivity (Wildman–Crippen MR) is 66.1 cm³/mol. The zero-order chi connectivity index (χ0) is 14.3. The molecule has 0 saturated carbocycles. The van der Waals surface area contributed by atoms with Crippen molar-refractivity contribution in [3.8, 4) is 0 Å². The summed E-state index contributed by atoms with van der Waals surface area (Å²) in [5.41, 5.74) is 0. The third-order valence-corrected chi connectivity index (χ3v) is 2.48. The smallest absolute Gasteiger partial charge is 0.348 e. The molecule has 3 atom stereocenters. The number of esters is 2. The average molecular weight is 282 g/mol. The van der Waals surface area contributed by atoms with Crippen molar-refractivity contribution in [3.63, 3.8) is 0 Å². The molecule has 7 heteroatoms. The highest BCUT2D eigenvalue weighted by molar-refractivity contribution is 6.18. The van der Waals surface area contributed by atoms with Crippen LogP contribution in [0.4, 0.5) is 0 Å². The number of ether oxygens (including phenoxy) is 2. The van der Waals surface area contributed by atoms with E-state index in [1.807, 2.05) is 0 Å².